The van der Waals surface area contributed by atoms with Crippen molar-refractivity contribution < 1.29 is 19.0 Å². The molecule has 0 aromatic heterocycles. The lowest BCUT2D eigenvalue weighted by molar-refractivity contribution is -0.139. The Labute approximate surface area is 95.6 Å². The summed E-state index contributed by atoms with van der Waals surface area (Å²) < 4.78 is 15.3. The summed E-state index contributed by atoms with van der Waals surface area (Å²) in [6, 6.07) is 0. The highest BCUT2D eigenvalue weighted by atomic mass is 16.6. The normalized spacial score (nSPS) is 27.7. The third-order valence-corrected chi connectivity index (χ3v) is 2.72. The van der Waals surface area contributed by atoms with E-state index in [0.717, 1.165) is 32.5 Å². The minimum absolute atomic E-state index is 0.211. The van der Waals surface area contributed by atoms with Crippen molar-refractivity contribution in [3.05, 3.63) is 11.6 Å². The quantitative estimate of drug-likeness (QED) is 0.285. The first-order valence-corrected chi connectivity index (χ1v) is 5.83. The van der Waals surface area contributed by atoms with Crippen molar-refractivity contribution in [2.75, 3.05) is 19.8 Å². The largest absolute Gasteiger partial charge is 0.462 e. The molecule has 2 unspecified atom stereocenters. The molecule has 90 valence electrons. The molecular formula is C12H18O4. The number of carbonyl (C=O) groups excluding carboxylic acids is 1. The van der Waals surface area contributed by atoms with E-state index in [0.29, 0.717) is 24.4 Å². The van der Waals surface area contributed by atoms with E-state index in [-0.39, 0.29) is 5.97 Å². The number of hydrogen-bond donors (Lipinski definition) is 0. The zero-order valence-corrected chi connectivity index (χ0v) is 9.61. The lowest BCUT2D eigenvalue weighted by Gasteiger charge is -2.03. The second-order valence-electron chi connectivity index (χ2n) is 4.31. The standard InChI is InChI=1S/C12H18O4/c1-9(4-5-11-8-16-11)12(13)14-6-2-3-10-7-15-10/h4,10-11H,2-3,5-8H2,1H3. The van der Waals surface area contributed by atoms with Crippen LogP contribution in [-0.4, -0.2) is 38.0 Å². The van der Waals surface area contributed by atoms with Gasteiger partial charge in [-0.05, 0) is 26.2 Å². The van der Waals surface area contributed by atoms with Gasteiger partial charge >= 0.3 is 5.97 Å². The molecule has 0 aliphatic carbocycles. The molecule has 0 spiro atoms. The van der Waals surface area contributed by atoms with E-state index >= 15 is 0 Å². The predicted octanol–water partition coefficient (Wildman–Crippen LogP) is 1.44. The minimum Gasteiger partial charge on any atom is -0.462 e. The number of ether oxygens (including phenoxy) is 3. The summed E-state index contributed by atoms with van der Waals surface area (Å²) in [4.78, 5) is 11.5. The van der Waals surface area contributed by atoms with Gasteiger partial charge in [-0.3, -0.25) is 0 Å². The molecule has 0 aromatic rings. The smallest absolute Gasteiger partial charge is 0.333 e. The molecule has 2 aliphatic rings. The van der Waals surface area contributed by atoms with Gasteiger partial charge in [0.15, 0.2) is 0 Å². The second kappa shape index (κ2) is 5.46. The van der Waals surface area contributed by atoms with Gasteiger partial charge in [-0.15, -0.1) is 0 Å². The fraction of sp³-hybridized carbons (Fsp3) is 0.750. The molecule has 2 fully saturated rings. The Morgan fingerprint density at radius 1 is 1.38 bits per heavy atom. The summed E-state index contributed by atoms with van der Waals surface area (Å²) in [5.41, 5.74) is 0.679. The van der Waals surface area contributed by atoms with Crippen LogP contribution in [0, 0.1) is 0 Å². The highest BCUT2D eigenvalue weighted by molar-refractivity contribution is 5.87. The molecule has 0 aromatic carbocycles. The van der Waals surface area contributed by atoms with Crippen LogP contribution in [0.25, 0.3) is 0 Å². The average Bonchev–Trinajstić information content (AvgIpc) is 3.14. The van der Waals surface area contributed by atoms with Crippen LogP contribution in [0.3, 0.4) is 0 Å². The Kier molecular flexibility index (Phi) is 3.96. The second-order valence-corrected chi connectivity index (χ2v) is 4.31. The van der Waals surface area contributed by atoms with E-state index in [1.165, 1.54) is 0 Å². The Hall–Kier alpha value is -0.870. The first kappa shape index (κ1) is 11.6. The molecule has 4 heteroatoms. The Balaban J connectivity index is 1.55. The van der Waals surface area contributed by atoms with Gasteiger partial charge in [0.1, 0.15) is 0 Å². The van der Waals surface area contributed by atoms with E-state index in [9.17, 15) is 4.79 Å². The first-order chi connectivity index (χ1) is 7.75. The van der Waals surface area contributed by atoms with Crippen molar-refractivity contribution in [3.63, 3.8) is 0 Å². The van der Waals surface area contributed by atoms with Crippen molar-refractivity contribution in [2.45, 2.75) is 38.4 Å². The molecule has 2 aliphatic heterocycles. The molecule has 0 saturated carbocycles. The lowest BCUT2D eigenvalue weighted by atomic mass is 10.2. The number of esters is 1. The van der Waals surface area contributed by atoms with Crippen LogP contribution < -0.4 is 0 Å². The van der Waals surface area contributed by atoms with Gasteiger partial charge in [0.05, 0.1) is 32.0 Å². The molecule has 2 heterocycles. The monoisotopic (exact) mass is 226 g/mol. The predicted molar refractivity (Wildman–Crippen MR) is 58.0 cm³/mol. The Morgan fingerprint density at radius 2 is 2.06 bits per heavy atom. The fourth-order valence-electron chi connectivity index (χ4n) is 1.42. The van der Waals surface area contributed by atoms with Crippen LogP contribution in [0.2, 0.25) is 0 Å². The molecule has 2 atom stereocenters. The third-order valence-electron chi connectivity index (χ3n) is 2.72. The summed E-state index contributed by atoms with van der Waals surface area (Å²) in [5, 5.41) is 0. The summed E-state index contributed by atoms with van der Waals surface area (Å²) in [6.07, 6.45) is 5.33. The van der Waals surface area contributed by atoms with Crippen LogP contribution in [0.15, 0.2) is 11.6 Å². The van der Waals surface area contributed by atoms with Crippen molar-refractivity contribution in [3.8, 4) is 0 Å². The highest BCUT2D eigenvalue weighted by Crippen LogP contribution is 2.16. The Morgan fingerprint density at radius 3 is 2.69 bits per heavy atom. The van der Waals surface area contributed by atoms with Gasteiger partial charge in [0, 0.05) is 5.57 Å². The maximum Gasteiger partial charge on any atom is 0.333 e. The zero-order chi connectivity index (χ0) is 11.4. The number of epoxide rings is 2. The molecule has 16 heavy (non-hydrogen) atoms. The van der Waals surface area contributed by atoms with Crippen LogP contribution in [0.1, 0.15) is 26.2 Å². The number of carbonyl (C=O) groups is 1. The third kappa shape index (κ3) is 4.33. The SMILES string of the molecule is CC(=CCC1CO1)C(=O)OCCCC1CO1. The van der Waals surface area contributed by atoms with Gasteiger partial charge in [0.2, 0.25) is 0 Å². The molecule has 4 nitrogen and oxygen atoms in total. The lowest BCUT2D eigenvalue weighted by Crippen LogP contribution is -2.08. The van der Waals surface area contributed by atoms with Gasteiger partial charge in [0.25, 0.3) is 0 Å². The van der Waals surface area contributed by atoms with E-state index < -0.39 is 0 Å². The number of hydrogen-bond acceptors (Lipinski definition) is 4. The number of rotatable bonds is 7. The van der Waals surface area contributed by atoms with Crippen LogP contribution in [0.4, 0.5) is 0 Å². The average molecular weight is 226 g/mol. The molecule has 2 rings (SSSR count). The van der Waals surface area contributed by atoms with Gasteiger partial charge in [-0.2, -0.15) is 0 Å². The van der Waals surface area contributed by atoms with Crippen LogP contribution >= 0.6 is 0 Å². The highest BCUT2D eigenvalue weighted by Gasteiger charge is 2.22. The maximum atomic E-state index is 11.5. The fourth-order valence-corrected chi connectivity index (χ4v) is 1.42. The minimum atomic E-state index is -0.211. The van der Waals surface area contributed by atoms with E-state index in [4.69, 9.17) is 14.2 Å². The van der Waals surface area contributed by atoms with Gasteiger partial charge < -0.3 is 14.2 Å². The molecule has 2 saturated heterocycles. The van der Waals surface area contributed by atoms with E-state index in [2.05, 4.69) is 0 Å². The summed E-state index contributed by atoms with van der Waals surface area (Å²) >= 11 is 0. The zero-order valence-electron chi connectivity index (χ0n) is 9.61. The van der Waals surface area contributed by atoms with Gasteiger partial charge in [-0.1, -0.05) is 6.08 Å². The molecular weight excluding hydrogens is 208 g/mol. The maximum absolute atomic E-state index is 11.5. The summed E-state index contributed by atoms with van der Waals surface area (Å²) in [6.45, 7) is 3.97. The molecule has 0 bridgehead atoms. The molecule has 0 amide bonds. The molecule has 0 radical (unpaired) electrons. The van der Waals surface area contributed by atoms with Crippen molar-refractivity contribution in [1.29, 1.82) is 0 Å². The van der Waals surface area contributed by atoms with Crippen LogP contribution in [-0.2, 0) is 19.0 Å². The van der Waals surface area contributed by atoms with Gasteiger partial charge in [-0.25, -0.2) is 4.79 Å². The topological polar surface area (TPSA) is 51.4 Å². The van der Waals surface area contributed by atoms with Crippen molar-refractivity contribution in [2.24, 2.45) is 0 Å². The molecule has 0 N–H and O–H groups in total. The van der Waals surface area contributed by atoms with E-state index in [1.807, 2.05) is 6.08 Å². The summed E-state index contributed by atoms with van der Waals surface area (Å²) in [7, 11) is 0. The Bertz CT molecular complexity index is 277. The van der Waals surface area contributed by atoms with Crippen molar-refractivity contribution in [1.82, 2.24) is 0 Å². The first-order valence-electron chi connectivity index (χ1n) is 5.83. The summed E-state index contributed by atoms with van der Waals surface area (Å²) in [5.74, 6) is -0.211. The van der Waals surface area contributed by atoms with Crippen molar-refractivity contribution >= 4 is 5.97 Å². The van der Waals surface area contributed by atoms with E-state index in [1.54, 1.807) is 6.92 Å². The van der Waals surface area contributed by atoms with Crippen LogP contribution in [0.5, 0.6) is 0 Å².